The van der Waals surface area contributed by atoms with Gasteiger partial charge >= 0.3 is 0 Å². The van der Waals surface area contributed by atoms with Crippen LogP contribution in [-0.4, -0.2) is 38.1 Å². The van der Waals surface area contributed by atoms with Gasteiger partial charge in [0.1, 0.15) is 0 Å². The second kappa shape index (κ2) is 8.52. The minimum absolute atomic E-state index is 0.230. The van der Waals surface area contributed by atoms with Gasteiger partial charge in [-0.15, -0.1) is 0 Å². The van der Waals surface area contributed by atoms with Crippen LogP contribution in [0.5, 0.6) is 0 Å². The molecular weight excluding hydrogens is 298 g/mol. The third-order valence-electron chi connectivity index (χ3n) is 5.55. The lowest BCUT2D eigenvalue weighted by molar-refractivity contribution is -0.123. The van der Waals surface area contributed by atoms with E-state index in [9.17, 15) is 4.79 Å². The SMILES string of the molecule is CC(CC(=O)NC1CCCN(c2ccccc2)C1)C1CCCNC1. The zero-order valence-corrected chi connectivity index (χ0v) is 14.8. The summed E-state index contributed by atoms with van der Waals surface area (Å²) in [5.74, 6) is 1.34. The van der Waals surface area contributed by atoms with Crippen molar-refractivity contribution >= 4 is 11.6 Å². The molecule has 3 atom stereocenters. The van der Waals surface area contributed by atoms with Gasteiger partial charge in [0, 0.05) is 31.2 Å². The first kappa shape index (κ1) is 17.3. The fourth-order valence-corrected chi connectivity index (χ4v) is 4.08. The summed E-state index contributed by atoms with van der Waals surface area (Å²) < 4.78 is 0. The van der Waals surface area contributed by atoms with Gasteiger partial charge in [-0.25, -0.2) is 0 Å². The van der Waals surface area contributed by atoms with E-state index in [1.807, 2.05) is 6.07 Å². The van der Waals surface area contributed by atoms with Crippen LogP contribution in [0.1, 0.15) is 39.0 Å². The maximum absolute atomic E-state index is 12.5. The number of amides is 1. The summed E-state index contributed by atoms with van der Waals surface area (Å²) in [6, 6.07) is 10.8. The van der Waals surface area contributed by atoms with Crippen molar-refractivity contribution in [3.63, 3.8) is 0 Å². The smallest absolute Gasteiger partial charge is 0.220 e. The largest absolute Gasteiger partial charge is 0.369 e. The Kier molecular flexibility index (Phi) is 6.13. The molecule has 2 aliphatic rings. The van der Waals surface area contributed by atoms with E-state index in [1.54, 1.807) is 0 Å². The van der Waals surface area contributed by atoms with Crippen molar-refractivity contribution in [2.75, 3.05) is 31.1 Å². The first-order valence-corrected chi connectivity index (χ1v) is 9.52. The summed E-state index contributed by atoms with van der Waals surface area (Å²) in [7, 11) is 0. The van der Waals surface area contributed by atoms with Gasteiger partial charge < -0.3 is 15.5 Å². The van der Waals surface area contributed by atoms with Crippen LogP contribution in [0.25, 0.3) is 0 Å². The number of rotatable bonds is 5. The highest BCUT2D eigenvalue weighted by atomic mass is 16.1. The van der Waals surface area contributed by atoms with Gasteiger partial charge in [-0.2, -0.15) is 0 Å². The number of nitrogens with zero attached hydrogens (tertiary/aromatic N) is 1. The number of anilines is 1. The summed E-state index contributed by atoms with van der Waals surface area (Å²) in [6.07, 6.45) is 5.39. The second-order valence-corrected chi connectivity index (χ2v) is 7.48. The van der Waals surface area contributed by atoms with E-state index in [1.165, 1.54) is 18.5 Å². The normalized spacial score (nSPS) is 26.0. The van der Waals surface area contributed by atoms with Gasteiger partial charge in [0.05, 0.1) is 0 Å². The number of carbonyl (C=O) groups excluding carboxylic acids is 1. The van der Waals surface area contributed by atoms with Gasteiger partial charge in [-0.1, -0.05) is 25.1 Å². The molecule has 2 heterocycles. The Hall–Kier alpha value is -1.55. The van der Waals surface area contributed by atoms with E-state index >= 15 is 0 Å². The molecular formula is C20H31N3O. The minimum Gasteiger partial charge on any atom is -0.369 e. The van der Waals surface area contributed by atoms with Crippen molar-refractivity contribution in [3.05, 3.63) is 30.3 Å². The first-order chi connectivity index (χ1) is 11.7. The molecule has 0 spiro atoms. The molecule has 24 heavy (non-hydrogen) atoms. The lowest BCUT2D eigenvalue weighted by Crippen LogP contribution is -2.48. The zero-order chi connectivity index (χ0) is 16.8. The Balaban J connectivity index is 1.47. The fourth-order valence-electron chi connectivity index (χ4n) is 4.08. The first-order valence-electron chi connectivity index (χ1n) is 9.52. The van der Waals surface area contributed by atoms with Crippen LogP contribution >= 0.6 is 0 Å². The Morgan fingerprint density at radius 1 is 1.29 bits per heavy atom. The number of nitrogens with one attached hydrogen (secondary N) is 2. The molecule has 4 nitrogen and oxygen atoms in total. The number of benzene rings is 1. The number of piperidine rings is 2. The molecule has 1 aromatic carbocycles. The summed E-state index contributed by atoms with van der Waals surface area (Å²) in [6.45, 7) is 6.44. The van der Waals surface area contributed by atoms with Gasteiger partial charge in [0.2, 0.25) is 5.91 Å². The highest BCUT2D eigenvalue weighted by molar-refractivity contribution is 5.76. The Labute approximate surface area is 146 Å². The van der Waals surface area contributed by atoms with Crippen LogP contribution in [0.4, 0.5) is 5.69 Å². The van der Waals surface area contributed by atoms with Gasteiger partial charge in [-0.05, 0) is 62.7 Å². The van der Waals surface area contributed by atoms with E-state index in [4.69, 9.17) is 0 Å². The third kappa shape index (κ3) is 4.73. The van der Waals surface area contributed by atoms with Crippen LogP contribution in [0.15, 0.2) is 30.3 Å². The third-order valence-corrected chi connectivity index (χ3v) is 5.55. The molecule has 0 bridgehead atoms. The average molecular weight is 329 g/mol. The molecule has 0 saturated carbocycles. The fraction of sp³-hybridized carbons (Fsp3) is 0.650. The Morgan fingerprint density at radius 2 is 2.12 bits per heavy atom. The summed E-state index contributed by atoms with van der Waals surface area (Å²) in [5.41, 5.74) is 1.26. The lowest BCUT2D eigenvalue weighted by Gasteiger charge is -2.35. The summed E-state index contributed by atoms with van der Waals surface area (Å²) in [5, 5.41) is 6.74. The van der Waals surface area contributed by atoms with E-state index in [-0.39, 0.29) is 11.9 Å². The van der Waals surface area contributed by atoms with Crippen LogP contribution < -0.4 is 15.5 Å². The Bertz CT molecular complexity index is 513. The minimum atomic E-state index is 0.230. The molecule has 1 amide bonds. The Morgan fingerprint density at radius 3 is 2.88 bits per heavy atom. The molecule has 3 unspecified atom stereocenters. The second-order valence-electron chi connectivity index (χ2n) is 7.48. The van der Waals surface area contributed by atoms with Gasteiger partial charge in [-0.3, -0.25) is 4.79 Å². The summed E-state index contributed by atoms with van der Waals surface area (Å²) in [4.78, 5) is 14.8. The highest BCUT2D eigenvalue weighted by Crippen LogP contribution is 2.23. The van der Waals surface area contributed by atoms with Crippen molar-refractivity contribution in [2.24, 2.45) is 11.8 Å². The van der Waals surface area contributed by atoms with E-state index in [0.29, 0.717) is 18.3 Å². The van der Waals surface area contributed by atoms with Crippen LogP contribution in [0.3, 0.4) is 0 Å². The molecule has 0 aromatic heterocycles. The van der Waals surface area contributed by atoms with Crippen LogP contribution in [0.2, 0.25) is 0 Å². The van der Waals surface area contributed by atoms with Crippen molar-refractivity contribution in [3.8, 4) is 0 Å². The molecule has 2 aliphatic heterocycles. The molecule has 2 saturated heterocycles. The van der Waals surface area contributed by atoms with Gasteiger partial charge in [0.25, 0.3) is 0 Å². The monoisotopic (exact) mass is 329 g/mol. The molecule has 4 heteroatoms. The molecule has 1 aromatic rings. The van der Waals surface area contributed by atoms with E-state index in [2.05, 4.69) is 46.7 Å². The quantitative estimate of drug-likeness (QED) is 0.873. The molecule has 2 N–H and O–H groups in total. The topological polar surface area (TPSA) is 44.4 Å². The highest BCUT2D eigenvalue weighted by Gasteiger charge is 2.25. The molecule has 0 radical (unpaired) electrons. The van der Waals surface area contributed by atoms with E-state index < -0.39 is 0 Å². The summed E-state index contributed by atoms with van der Waals surface area (Å²) >= 11 is 0. The molecule has 2 fully saturated rings. The zero-order valence-electron chi connectivity index (χ0n) is 14.8. The maximum atomic E-state index is 12.5. The number of hydrogen-bond donors (Lipinski definition) is 2. The average Bonchev–Trinajstić information content (AvgIpc) is 2.63. The van der Waals surface area contributed by atoms with Crippen molar-refractivity contribution in [1.29, 1.82) is 0 Å². The van der Waals surface area contributed by atoms with Crippen LogP contribution in [0, 0.1) is 11.8 Å². The van der Waals surface area contributed by atoms with Crippen LogP contribution in [-0.2, 0) is 4.79 Å². The predicted molar refractivity (Wildman–Crippen MR) is 99.2 cm³/mol. The number of carbonyl (C=O) groups is 1. The number of para-hydroxylation sites is 1. The van der Waals surface area contributed by atoms with Crippen molar-refractivity contribution < 1.29 is 4.79 Å². The predicted octanol–water partition coefficient (Wildman–Crippen LogP) is 2.80. The van der Waals surface area contributed by atoms with Crippen molar-refractivity contribution in [2.45, 2.75) is 45.1 Å². The number of hydrogen-bond acceptors (Lipinski definition) is 3. The van der Waals surface area contributed by atoms with Gasteiger partial charge in [0.15, 0.2) is 0 Å². The maximum Gasteiger partial charge on any atom is 0.220 e. The van der Waals surface area contributed by atoms with E-state index in [0.717, 1.165) is 39.0 Å². The standard InChI is InChI=1S/C20H31N3O/c1-16(17-7-5-11-21-14-17)13-20(24)22-18-8-6-12-23(15-18)19-9-3-2-4-10-19/h2-4,9-10,16-18,21H,5-8,11-15H2,1H3,(H,22,24). The molecule has 132 valence electrons. The molecule has 3 rings (SSSR count). The lowest BCUT2D eigenvalue weighted by atomic mass is 9.85. The molecule has 0 aliphatic carbocycles. The van der Waals surface area contributed by atoms with Crippen molar-refractivity contribution in [1.82, 2.24) is 10.6 Å².